The maximum atomic E-state index is 13.5. The Morgan fingerprint density at radius 3 is 2.75 bits per heavy atom. The molecule has 0 N–H and O–H groups in total. The van der Waals surface area contributed by atoms with Gasteiger partial charge in [-0.05, 0) is 31.0 Å². The van der Waals surface area contributed by atoms with Crippen molar-refractivity contribution in [1.82, 2.24) is 4.90 Å². The Labute approximate surface area is 143 Å². The number of rotatable bonds is 1. The molecule has 2 saturated heterocycles. The second-order valence-electron chi connectivity index (χ2n) is 8.01. The topological polar surface area (TPSA) is 32.8 Å². The Balaban J connectivity index is 1.76. The van der Waals surface area contributed by atoms with Crippen LogP contribution in [0.5, 0.6) is 0 Å². The van der Waals surface area contributed by atoms with Crippen LogP contribution in [0.4, 0.5) is 10.1 Å². The molecule has 1 aromatic carbocycles. The number of anilines is 1. The Kier molecular flexibility index (Phi) is 4.56. The van der Waals surface area contributed by atoms with Crippen LogP contribution in [0, 0.1) is 11.2 Å². The first-order valence-corrected chi connectivity index (χ1v) is 8.73. The third kappa shape index (κ3) is 3.56. The summed E-state index contributed by atoms with van der Waals surface area (Å²) in [7, 11) is 0. The van der Waals surface area contributed by atoms with E-state index < -0.39 is 0 Å². The standard InChI is InChI=1S/C19H27FN2O2/c1-18(2,3)17(23)22-10-11-24-19(14-22)8-5-9-21(13-19)16-7-4-6-15(20)12-16/h4,6-7,12H,5,8-11,13-14H2,1-3H3. The summed E-state index contributed by atoms with van der Waals surface area (Å²) in [5, 5.41) is 0. The summed E-state index contributed by atoms with van der Waals surface area (Å²) in [5.41, 5.74) is 0.163. The minimum Gasteiger partial charge on any atom is -0.369 e. The number of ether oxygens (including phenoxy) is 1. The van der Waals surface area contributed by atoms with Gasteiger partial charge in [0.25, 0.3) is 0 Å². The fraction of sp³-hybridized carbons (Fsp3) is 0.632. The molecular formula is C19H27FN2O2. The molecule has 0 aromatic heterocycles. The molecule has 4 nitrogen and oxygen atoms in total. The summed E-state index contributed by atoms with van der Waals surface area (Å²) in [4.78, 5) is 16.8. The summed E-state index contributed by atoms with van der Waals surface area (Å²) in [6, 6.07) is 6.70. The molecule has 2 aliphatic heterocycles. The highest BCUT2D eigenvalue weighted by molar-refractivity contribution is 5.81. The number of carbonyl (C=O) groups is 1. The maximum absolute atomic E-state index is 13.5. The number of amides is 1. The van der Waals surface area contributed by atoms with E-state index >= 15 is 0 Å². The van der Waals surface area contributed by atoms with Crippen LogP contribution in [0.1, 0.15) is 33.6 Å². The number of benzene rings is 1. The Bertz CT molecular complexity index is 610. The highest BCUT2D eigenvalue weighted by atomic mass is 19.1. The smallest absolute Gasteiger partial charge is 0.228 e. The molecule has 1 spiro atoms. The number of nitrogens with zero attached hydrogens (tertiary/aromatic N) is 2. The van der Waals surface area contributed by atoms with Crippen molar-refractivity contribution in [3.63, 3.8) is 0 Å². The molecular weight excluding hydrogens is 307 g/mol. The van der Waals surface area contributed by atoms with Crippen LogP contribution < -0.4 is 4.90 Å². The summed E-state index contributed by atoms with van der Waals surface area (Å²) in [5.74, 6) is -0.0470. The molecule has 5 heteroatoms. The molecule has 132 valence electrons. The van der Waals surface area contributed by atoms with Gasteiger partial charge in [-0.25, -0.2) is 4.39 Å². The first-order chi connectivity index (χ1) is 11.3. The number of hydrogen-bond acceptors (Lipinski definition) is 3. The van der Waals surface area contributed by atoms with Crippen LogP contribution in [0.2, 0.25) is 0 Å². The Morgan fingerprint density at radius 1 is 1.25 bits per heavy atom. The molecule has 1 atom stereocenters. The normalized spacial score (nSPS) is 25.2. The minimum absolute atomic E-state index is 0.174. The number of piperidine rings is 1. The molecule has 0 radical (unpaired) electrons. The Morgan fingerprint density at radius 2 is 2.04 bits per heavy atom. The zero-order chi connectivity index (χ0) is 17.4. The van der Waals surface area contributed by atoms with Gasteiger partial charge >= 0.3 is 0 Å². The predicted octanol–water partition coefficient (Wildman–Crippen LogP) is 3.07. The molecule has 1 aromatic rings. The lowest BCUT2D eigenvalue weighted by molar-refractivity contribution is -0.159. The monoisotopic (exact) mass is 334 g/mol. The van der Waals surface area contributed by atoms with Crippen LogP contribution >= 0.6 is 0 Å². The van der Waals surface area contributed by atoms with Gasteiger partial charge in [0.05, 0.1) is 13.2 Å². The first-order valence-electron chi connectivity index (χ1n) is 8.73. The minimum atomic E-state index is -0.380. The van der Waals surface area contributed by atoms with Crippen LogP contribution in [0.25, 0.3) is 0 Å². The number of halogens is 1. The van der Waals surface area contributed by atoms with Crippen molar-refractivity contribution in [2.24, 2.45) is 5.41 Å². The molecule has 24 heavy (non-hydrogen) atoms. The summed E-state index contributed by atoms with van der Waals surface area (Å²) < 4.78 is 19.7. The molecule has 2 aliphatic rings. The van der Waals surface area contributed by atoms with Crippen molar-refractivity contribution in [2.45, 2.75) is 39.2 Å². The van der Waals surface area contributed by atoms with E-state index in [1.54, 1.807) is 12.1 Å². The van der Waals surface area contributed by atoms with E-state index in [1.807, 2.05) is 31.7 Å². The molecule has 1 amide bonds. The van der Waals surface area contributed by atoms with E-state index in [9.17, 15) is 9.18 Å². The highest BCUT2D eigenvalue weighted by Crippen LogP contribution is 2.33. The van der Waals surface area contributed by atoms with Crippen LogP contribution in [0.15, 0.2) is 24.3 Å². The van der Waals surface area contributed by atoms with Gasteiger partial charge in [0.2, 0.25) is 5.91 Å². The van der Waals surface area contributed by atoms with E-state index in [0.717, 1.165) is 25.1 Å². The molecule has 2 fully saturated rings. The Hall–Kier alpha value is -1.62. The van der Waals surface area contributed by atoms with E-state index in [0.29, 0.717) is 26.2 Å². The highest BCUT2D eigenvalue weighted by Gasteiger charge is 2.43. The van der Waals surface area contributed by atoms with Crippen LogP contribution in [0.3, 0.4) is 0 Å². The predicted molar refractivity (Wildman–Crippen MR) is 92.6 cm³/mol. The molecule has 1 unspecified atom stereocenters. The van der Waals surface area contributed by atoms with E-state index in [1.165, 1.54) is 6.07 Å². The van der Waals surface area contributed by atoms with Crippen LogP contribution in [-0.4, -0.2) is 49.2 Å². The van der Waals surface area contributed by atoms with Crippen LogP contribution in [-0.2, 0) is 9.53 Å². The van der Waals surface area contributed by atoms with Gasteiger partial charge < -0.3 is 14.5 Å². The summed E-state index contributed by atoms with van der Waals surface area (Å²) >= 11 is 0. The number of carbonyl (C=O) groups excluding carboxylic acids is 1. The average Bonchev–Trinajstić information content (AvgIpc) is 2.53. The third-order valence-corrected chi connectivity index (χ3v) is 4.89. The van der Waals surface area contributed by atoms with E-state index in [-0.39, 0.29) is 22.7 Å². The summed E-state index contributed by atoms with van der Waals surface area (Å²) in [6.07, 6.45) is 1.92. The lowest BCUT2D eigenvalue weighted by Gasteiger charge is -2.49. The fourth-order valence-electron chi connectivity index (χ4n) is 3.73. The van der Waals surface area contributed by atoms with Gasteiger partial charge in [-0.2, -0.15) is 0 Å². The molecule has 0 bridgehead atoms. The lowest BCUT2D eigenvalue weighted by atomic mass is 9.88. The van der Waals surface area contributed by atoms with Gasteiger partial charge in [-0.3, -0.25) is 4.79 Å². The average molecular weight is 334 g/mol. The van der Waals surface area contributed by atoms with Crippen molar-refractivity contribution in [2.75, 3.05) is 37.7 Å². The zero-order valence-electron chi connectivity index (χ0n) is 14.8. The second kappa shape index (κ2) is 6.36. The van der Waals surface area contributed by atoms with Crippen molar-refractivity contribution < 1.29 is 13.9 Å². The SMILES string of the molecule is CC(C)(C)C(=O)N1CCOC2(CCCN(c3cccc(F)c3)C2)C1. The quantitative estimate of drug-likeness (QED) is 0.791. The van der Waals surface area contributed by atoms with Crippen molar-refractivity contribution >= 4 is 11.6 Å². The van der Waals surface area contributed by atoms with Gasteiger partial charge in [0, 0.05) is 30.7 Å². The van der Waals surface area contributed by atoms with Gasteiger partial charge in [0.1, 0.15) is 11.4 Å². The third-order valence-electron chi connectivity index (χ3n) is 4.89. The molecule has 0 saturated carbocycles. The van der Waals surface area contributed by atoms with Crippen molar-refractivity contribution in [3.05, 3.63) is 30.1 Å². The van der Waals surface area contributed by atoms with Gasteiger partial charge in [0.15, 0.2) is 0 Å². The number of morpholine rings is 1. The van der Waals surface area contributed by atoms with Gasteiger partial charge in [-0.1, -0.05) is 26.8 Å². The second-order valence-corrected chi connectivity index (χ2v) is 8.01. The zero-order valence-corrected chi connectivity index (χ0v) is 14.8. The van der Waals surface area contributed by atoms with E-state index in [2.05, 4.69) is 4.90 Å². The molecule has 2 heterocycles. The van der Waals surface area contributed by atoms with Crippen molar-refractivity contribution in [3.8, 4) is 0 Å². The molecule has 3 rings (SSSR count). The molecule has 0 aliphatic carbocycles. The van der Waals surface area contributed by atoms with Crippen molar-refractivity contribution in [1.29, 1.82) is 0 Å². The number of hydrogen-bond donors (Lipinski definition) is 0. The largest absolute Gasteiger partial charge is 0.369 e. The lowest BCUT2D eigenvalue weighted by Crippen LogP contribution is -2.62. The first kappa shape index (κ1) is 17.2. The summed E-state index contributed by atoms with van der Waals surface area (Å²) in [6.45, 7) is 9.30. The van der Waals surface area contributed by atoms with E-state index in [4.69, 9.17) is 4.74 Å². The fourth-order valence-corrected chi connectivity index (χ4v) is 3.73. The maximum Gasteiger partial charge on any atom is 0.228 e. The van der Waals surface area contributed by atoms with Gasteiger partial charge in [-0.15, -0.1) is 0 Å².